The first kappa shape index (κ1) is 8.78. The van der Waals surface area contributed by atoms with Gasteiger partial charge in [-0.2, -0.15) is 0 Å². The molecule has 0 fully saturated rings. The van der Waals surface area contributed by atoms with Crippen molar-refractivity contribution in [3.05, 3.63) is 40.0 Å². The highest BCUT2D eigenvalue weighted by Crippen LogP contribution is 2.24. The summed E-state index contributed by atoms with van der Waals surface area (Å²) >= 11 is 9.04. The van der Waals surface area contributed by atoms with E-state index in [4.69, 9.17) is 16.1 Å². The van der Waals surface area contributed by atoms with Crippen molar-refractivity contribution in [2.45, 2.75) is 0 Å². The second kappa shape index (κ2) is 3.52. The van der Waals surface area contributed by atoms with Gasteiger partial charge in [0.25, 0.3) is 0 Å². The lowest BCUT2D eigenvalue weighted by Gasteiger charge is -1.94. The molecule has 0 saturated carbocycles. The topological polar surface area (TPSA) is 26.0 Å². The predicted octanol–water partition coefficient (Wildman–Crippen LogP) is 3.76. The number of benzene rings is 1. The van der Waals surface area contributed by atoms with Crippen LogP contribution in [0, 0.1) is 0 Å². The van der Waals surface area contributed by atoms with E-state index in [2.05, 4.69) is 21.1 Å². The Labute approximate surface area is 88.6 Å². The molecule has 1 aromatic heterocycles. The van der Waals surface area contributed by atoms with Gasteiger partial charge in [0.2, 0.25) is 0 Å². The van der Waals surface area contributed by atoms with Crippen LogP contribution < -0.4 is 0 Å². The van der Waals surface area contributed by atoms with Crippen LogP contribution in [0.5, 0.6) is 0 Å². The number of nitrogens with zero attached hydrogens (tertiary/aromatic N) is 1. The lowest BCUT2D eigenvalue weighted by Crippen LogP contribution is -1.72. The monoisotopic (exact) mass is 257 g/mol. The molecule has 0 N–H and O–H groups in total. The summed E-state index contributed by atoms with van der Waals surface area (Å²) in [7, 11) is 0. The van der Waals surface area contributed by atoms with Crippen LogP contribution in [0.2, 0.25) is 5.02 Å². The molecule has 4 heteroatoms. The lowest BCUT2D eigenvalue weighted by atomic mass is 10.2. The molecule has 0 radical (unpaired) electrons. The number of aromatic nitrogens is 1. The van der Waals surface area contributed by atoms with Crippen molar-refractivity contribution in [3.63, 3.8) is 0 Å². The van der Waals surface area contributed by atoms with E-state index in [9.17, 15) is 0 Å². The molecule has 0 atom stereocenters. The van der Waals surface area contributed by atoms with Crippen LogP contribution in [-0.4, -0.2) is 5.16 Å². The van der Waals surface area contributed by atoms with Crippen LogP contribution in [0.1, 0.15) is 0 Å². The summed E-state index contributed by atoms with van der Waals surface area (Å²) in [5.41, 5.74) is 0.922. The Hall–Kier alpha value is -0.800. The quantitative estimate of drug-likeness (QED) is 0.778. The second-order valence-electron chi connectivity index (χ2n) is 2.52. The predicted molar refractivity (Wildman–Crippen MR) is 54.6 cm³/mol. The Morgan fingerprint density at radius 1 is 1.31 bits per heavy atom. The van der Waals surface area contributed by atoms with Crippen LogP contribution in [-0.2, 0) is 0 Å². The molecular formula is C9H5BrClNO. The molecule has 0 spiro atoms. The van der Waals surface area contributed by atoms with E-state index < -0.39 is 0 Å². The van der Waals surface area contributed by atoms with E-state index in [0.29, 0.717) is 15.4 Å². The van der Waals surface area contributed by atoms with Gasteiger partial charge in [-0.25, -0.2) is 0 Å². The first-order chi connectivity index (χ1) is 6.25. The van der Waals surface area contributed by atoms with E-state index in [1.807, 2.05) is 24.3 Å². The normalized spacial score (nSPS) is 10.3. The Morgan fingerprint density at radius 3 is 2.77 bits per heavy atom. The first-order valence-electron chi connectivity index (χ1n) is 3.64. The van der Waals surface area contributed by atoms with Gasteiger partial charge in [0.1, 0.15) is 4.60 Å². The van der Waals surface area contributed by atoms with Crippen molar-refractivity contribution < 1.29 is 4.52 Å². The molecule has 0 saturated heterocycles. The van der Waals surface area contributed by atoms with Crippen LogP contribution in [0.25, 0.3) is 11.3 Å². The van der Waals surface area contributed by atoms with E-state index in [1.165, 1.54) is 0 Å². The molecule has 1 aromatic carbocycles. The molecule has 2 rings (SSSR count). The minimum atomic E-state index is 0.683. The number of halogens is 2. The number of hydrogen-bond donors (Lipinski definition) is 0. The fourth-order valence-corrected chi connectivity index (χ4v) is 1.50. The Bertz CT molecular complexity index is 427. The molecule has 0 aliphatic carbocycles. The Kier molecular flexibility index (Phi) is 2.38. The summed E-state index contributed by atoms with van der Waals surface area (Å²) in [5, 5.41) is 4.41. The fraction of sp³-hybridized carbons (Fsp3) is 0. The SMILES string of the molecule is Clc1cccc(-c2cc(Br)no2)c1. The summed E-state index contributed by atoms with van der Waals surface area (Å²) in [6, 6.07) is 9.23. The van der Waals surface area contributed by atoms with Crippen LogP contribution >= 0.6 is 27.5 Å². The van der Waals surface area contributed by atoms with Gasteiger partial charge in [0.15, 0.2) is 5.76 Å². The van der Waals surface area contributed by atoms with Crippen molar-refractivity contribution in [2.24, 2.45) is 0 Å². The summed E-state index contributed by atoms with van der Waals surface area (Å²) in [6.07, 6.45) is 0. The zero-order valence-electron chi connectivity index (χ0n) is 6.50. The van der Waals surface area contributed by atoms with E-state index >= 15 is 0 Å². The molecule has 0 amide bonds. The third kappa shape index (κ3) is 1.92. The van der Waals surface area contributed by atoms with Crippen molar-refractivity contribution in [1.82, 2.24) is 5.16 Å². The average molecular weight is 259 g/mol. The Morgan fingerprint density at radius 2 is 2.15 bits per heavy atom. The maximum absolute atomic E-state index is 5.83. The van der Waals surface area contributed by atoms with Gasteiger partial charge in [-0.3, -0.25) is 0 Å². The van der Waals surface area contributed by atoms with Crippen LogP contribution in [0.3, 0.4) is 0 Å². The van der Waals surface area contributed by atoms with E-state index in [0.717, 1.165) is 5.56 Å². The van der Waals surface area contributed by atoms with E-state index in [-0.39, 0.29) is 0 Å². The van der Waals surface area contributed by atoms with E-state index in [1.54, 1.807) is 6.07 Å². The minimum absolute atomic E-state index is 0.683. The molecule has 2 nitrogen and oxygen atoms in total. The zero-order valence-corrected chi connectivity index (χ0v) is 8.84. The van der Waals surface area contributed by atoms with Crippen molar-refractivity contribution in [3.8, 4) is 11.3 Å². The van der Waals surface area contributed by atoms with Crippen LogP contribution in [0.4, 0.5) is 0 Å². The maximum Gasteiger partial charge on any atom is 0.168 e. The maximum atomic E-state index is 5.83. The largest absolute Gasteiger partial charge is 0.355 e. The molecule has 2 aromatic rings. The third-order valence-corrected chi connectivity index (χ3v) is 2.20. The third-order valence-electron chi connectivity index (χ3n) is 1.59. The summed E-state index contributed by atoms with van der Waals surface area (Å²) < 4.78 is 5.73. The standard InChI is InChI=1S/C9H5BrClNO/c10-9-5-8(13-12-9)6-2-1-3-7(11)4-6/h1-5H. The number of hydrogen-bond acceptors (Lipinski definition) is 2. The molecule has 1 heterocycles. The van der Waals surface area contributed by atoms with Gasteiger partial charge < -0.3 is 4.52 Å². The van der Waals surface area contributed by atoms with Crippen molar-refractivity contribution in [2.75, 3.05) is 0 Å². The number of rotatable bonds is 1. The molecule has 0 aliphatic heterocycles. The summed E-state index contributed by atoms with van der Waals surface area (Å²) in [5.74, 6) is 0.703. The molecular weight excluding hydrogens is 253 g/mol. The summed E-state index contributed by atoms with van der Waals surface area (Å²) in [6.45, 7) is 0. The molecule has 0 aliphatic rings. The van der Waals surface area contributed by atoms with Gasteiger partial charge in [-0.05, 0) is 28.1 Å². The van der Waals surface area contributed by atoms with Gasteiger partial charge in [-0.15, -0.1) is 0 Å². The average Bonchev–Trinajstić information content (AvgIpc) is 2.52. The highest BCUT2D eigenvalue weighted by molar-refractivity contribution is 9.10. The smallest absolute Gasteiger partial charge is 0.168 e. The van der Waals surface area contributed by atoms with Gasteiger partial charge in [0.05, 0.1) is 0 Å². The molecule has 0 unspecified atom stereocenters. The van der Waals surface area contributed by atoms with Gasteiger partial charge in [0, 0.05) is 16.7 Å². The highest BCUT2D eigenvalue weighted by Gasteiger charge is 2.04. The highest BCUT2D eigenvalue weighted by atomic mass is 79.9. The lowest BCUT2D eigenvalue weighted by molar-refractivity contribution is 0.428. The van der Waals surface area contributed by atoms with Gasteiger partial charge in [-0.1, -0.05) is 28.9 Å². The summed E-state index contributed by atoms with van der Waals surface area (Å²) in [4.78, 5) is 0. The first-order valence-corrected chi connectivity index (χ1v) is 4.81. The zero-order chi connectivity index (χ0) is 9.26. The van der Waals surface area contributed by atoms with Crippen molar-refractivity contribution >= 4 is 27.5 Å². The van der Waals surface area contributed by atoms with Crippen LogP contribution in [0.15, 0.2) is 39.5 Å². The van der Waals surface area contributed by atoms with Gasteiger partial charge >= 0.3 is 0 Å². The fourth-order valence-electron chi connectivity index (χ4n) is 1.03. The molecule has 66 valence electrons. The van der Waals surface area contributed by atoms with Crippen molar-refractivity contribution in [1.29, 1.82) is 0 Å². The minimum Gasteiger partial charge on any atom is -0.355 e. The molecule has 0 bridgehead atoms. The Balaban J connectivity index is 2.46. The molecule has 13 heavy (non-hydrogen) atoms. The second-order valence-corrected chi connectivity index (χ2v) is 3.77.